The van der Waals surface area contributed by atoms with Crippen LogP contribution in [0.4, 0.5) is 20.6 Å². The molecule has 0 spiro atoms. The topological polar surface area (TPSA) is 129 Å². The Bertz CT molecular complexity index is 1460. The largest absolute Gasteiger partial charge is 0.444 e. The Labute approximate surface area is 235 Å². The van der Waals surface area contributed by atoms with Gasteiger partial charge in [-0.05, 0) is 37.5 Å². The molecule has 3 fully saturated rings. The van der Waals surface area contributed by atoms with Gasteiger partial charge in [0.25, 0.3) is 5.91 Å². The SMILES string of the molecule is O=C(NCC(=O)N1CCN(c2ccc(N3C[C@H](CCC(=O)C4CC4)OC3=O)cc2F)CC1)c1cn2ccncc2n1. The number of rotatable bonds is 9. The van der Waals surface area contributed by atoms with E-state index in [0.29, 0.717) is 56.0 Å². The van der Waals surface area contributed by atoms with Crippen LogP contribution in [0.5, 0.6) is 0 Å². The number of amides is 3. The summed E-state index contributed by atoms with van der Waals surface area (Å²) in [4.78, 5) is 62.6. The third-order valence-electron chi connectivity index (χ3n) is 7.73. The van der Waals surface area contributed by atoms with E-state index in [0.717, 1.165) is 12.8 Å². The zero-order valence-corrected chi connectivity index (χ0v) is 22.4. The number of piperazine rings is 1. The Morgan fingerprint density at radius 3 is 2.66 bits per heavy atom. The Kier molecular flexibility index (Phi) is 7.25. The lowest BCUT2D eigenvalue weighted by molar-refractivity contribution is -0.130. The summed E-state index contributed by atoms with van der Waals surface area (Å²) in [6, 6.07) is 4.63. The van der Waals surface area contributed by atoms with Crippen LogP contribution in [0.3, 0.4) is 0 Å². The molecule has 0 radical (unpaired) electrons. The first kappa shape index (κ1) is 26.7. The predicted molar refractivity (Wildman–Crippen MR) is 145 cm³/mol. The summed E-state index contributed by atoms with van der Waals surface area (Å²) in [6.45, 7) is 1.68. The highest BCUT2D eigenvalue weighted by atomic mass is 19.1. The van der Waals surface area contributed by atoms with E-state index >= 15 is 4.39 Å². The van der Waals surface area contributed by atoms with Crippen molar-refractivity contribution in [3.05, 3.63) is 54.5 Å². The molecular weight excluding hydrogens is 533 g/mol. The predicted octanol–water partition coefficient (Wildman–Crippen LogP) is 2.03. The van der Waals surface area contributed by atoms with Crippen LogP contribution in [0.25, 0.3) is 5.65 Å². The number of carbonyl (C=O) groups excluding carboxylic acids is 4. The van der Waals surface area contributed by atoms with Gasteiger partial charge in [-0.25, -0.2) is 14.2 Å². The van der Waals surface area contributed by atoms with E-state index in [1.807, 2.05) is 4.90 Å². The normalized spacial score (nSPS) is 19.0. The molecule has 214 valence electrons. The molecule has 2 aromatic heterocycles. The number of benzene rings is 1. The highest BCUT2D eigenvalue weighted by molar-refractivity contribution is 5.95. The van der Waals surface area contributed by atoms with Gasteiger partial charge < -0.3 is 24.3 Å². The molecule has 3 aliphatic rings. The second-order valence-electron chi connectivity index (χ2n) is 10.5. The minimum absolute atomic E-state index is 0.171. The molecule has 1 aliphatic carbocycles. The average Bonchev–Trinajstić information content (AvgIpc) is 3.64. The second kappa shape index (κ2) is 11.1. The highest BCUT2D eigenvalue weighted by Gasteiger charge is 2.35. The molecule has 1 saturated carbocycles. The van der Waals surface area contributed by atoms with Crippen molar-refractivity contribution >= 4 is 40.7 Å². The van der Waals surface area contributed by atoms with Crippen molar-refractivity contribution in [3.8, 4) is 0 Å². The minimum Gasteiger partial charge on any atom is -0.444 e. The van der Waals surface area contributed by atoms with Crippen molar-refractivity contribution in [2.45, 2.75) is 31.8 Å². The number of halogens is 1. The second-order valence-corrected chi connectivity index (χ2v) is 10.5. The first-order valence-corrected chi connectivity index (χ1v) is 13.8. The van der Waals surface area contributed by atoms with E-state index in [1.54, 1.807) is 40.0 Å². The van der Waals surface area contributed by atoms with Crippen LogP contribution in [0, 0.1) is 11.7 Å². The van der Waals surface area contributed by atoms with Crippen molar-refractivity contribution in [2.24, 2.45) is 5.92 Å². The smallest absolute Gasteiger partial charge is 0.414 e. The van der Waals surface area contributed by atoms with Crippen molar-refractivity contribution in [3.63, 3.8) is 0 Å². The van der Waals surface area contributed by atoms with Crippen LogP contribution >= 0.6 is 0 Å². The minimum atomic E-state index is -0.543. The molecule has 1 atom stereocenters. The van der Waals surface area contributed by atoms with E-state index in [1.165, 1.54) is 17.2 Å². The fourth-order valence-electron chi connectivity index (χ4n) is 5.22. The third-order valence-corrected chi connectivity index (χ3v) is 7.73. The number of ether oxygens (including phenoxy) is 1. The van der Waals surface area contributed by atoms with E-state index < -0.39 is 17.8 Å². The number of anilines is 2. The average molecular weight is 564 g/mol. The molecule has 12 nitrogen and oxygen atoms in total. The summed E-state index contributed by atoms with van der Waals surface area (Å²) in [5.74, 6) is -0.763. The molecule has 13 heteroatoms. The maximum absolute atomic E-state index is 15.2. The summed E-state index contributed by atoms with van der Waals surface area (Å²) in [5, 5.41) is 2.61. The summed E-state index contributed by atoms with van der Waals surface area (Å²) < 4.78 is 22.2. The number of hydrogen-bond donors (Lipinski definition) is 1. The van der Waals surface area contributed by atoms with Crippen LogP contribution in [0.15, 0.2) is 43.0 Å². The molecule has 41 heavy (non-hydrogen) atoms. The fourth-order valence-corrected chi connectivity index (χ4v) is 5.22. The van der Waals surface area contributed by atoms with Crippen LogP contribution in [-0.4, -0.2) is 88.3 Å². The van der Waals surface area contributed by atoms with Gasteiger partial charge >= 0.3 is 6.09 Å². The molecule has 4 heterocycles. The Hall–Kier alpha value is -4.55. The molecule has 2 aliphatic heterocycles. The first-order valence-electron chi connectivity index (χ1n) is 13.8. The van der Waals surface area contributed by atoms with Crippen molar-refractivity contribution in [2.75, 3.05) is 49.1 Å². The number of carbonyl (C=O) groups is 4. The van der Waals surface area contributed by atoms with E-state index in [9.17, 15) is 19.2 Å². The lowest BCUT2D eigenvalue weighted by Gasteiger charge is -2.36. The van der Waals surface area contributed by atoms with Gasteiger partial charge in [-0.2, -0.15) is 0 Å². The lowest BCUT2D eigenvalue weighted by Crippen LogP contribution is -2.51. The number of aromatic nitrogens is 3. The lowest BCUT2D eigenvalue weighted by atomic mass is 10.1. The molecular formula is C28H30FN7O5. The number of nitrogens with zero attached hydrogens (tertiary/aromatic N) is 6. The zero-order valence-electron chi connectivity index (χ0n) is 22.4. The summed E-state index contributed by atoms with van der Waals surface area (Å²) in [5.41, 5.74) is 1.51. The standard InChI is InChI=1S/C28H30FN7O5/c29-21-13-19(36-16-20(41-28(36)40)4-6-24(37)18-1-2-18)3-5-23(21)33-9-11-34(12-10-33)26(38)15-31-27(39)22-17-35-8-7-30-14-25(35)32-22/h3,5,7-8,13-14,17-18,20H,1-2,4,6,9-12,15-16H2,(H,31,39)/t20-/m0/s1. The van der Waals surface area contributed by atoms with E-state index in [2.05, 4.69) is 15.3 Å². The van der Waals surface area contributed by atoms with Gasteiger partial charge in [0.05, 0.1) is 30.7 Å². The van der Waals surface area contributed by atoms with Crippen LogP contribution in [-0.2, 0) is 14.3 Å². The number of hydrogen-bond acceptors (Lipinski definition) is 8. The molecule has 3 amide bonds. The Morgan fingerprint density at radius 2 is 1.93 bits per heavy atom. The number of cyclic esters (lactones) is 1. The van der Waals surface area contributed by atoms with Crippen molar-refractivity contribution in [1.29, 1.82) is 0 Å². The summed E-state index contributed by atoms with van der Waals surface area (Å²) in [7, 11) is 0. The zero-order chi connectivity index (χ0) is 28.5. The maximum Gasteiger partial charge on any atom is 0.414 e. The highest BCUT2D eigenvalue weighted by Crippen LogP contribution is 2.33. The van der Waals surface area contributed by atoms with E-state index in [-0.39, 0.29) is 42.5 Å². The number of Topliss-reactive ketones (excluding diaryl/α,β-unsaturated/α-hetero) is 1. The van der Waals surface area contributed by atoms with Gasteiger partial charge in [-0.1, -0.05) is 0 Å². The molecule has 1 N–H and O–H groups in total. The van der Waals surface area contributed by atoms with Gasteiger partial charge in [0.2, 0.25) is 5.91 Å². The fraction of sp³-hybridized carbons (Fsp3) is 0.429. The summed E-state index contributed by atoms with van der Waals surface area (Å²) in [6.07, 6.45) is 8.21. The van der Waals surface area contributed by atoms with Crippen LogP contribution in [0.2, 0.25) is 0 Å². The van der Waals surface area contributed by atoms with E-state index in [4.69, 9.17) is 4.74 Å². The molecule has 0 bridgehead atoms. The van der Waals surface area contributed by atoms with Gasteiger partial charge in [-0.15, -0.1) is 0 Å². The van der Waals surface area contributed by atoms with Gasteiger partial charge in [-0.3, -0.25) is 24.3 Å². The summed E-state index contributed by atoms with van der Waals surface area (Å²) >= 11 is 0. The Balaban J connectivity index is 0.984. The number of fused-ring (bicyclic) bond motifs is 1. The quantitative estimate of drug-likeness (QED) is 0.419. The molecule has 2 saturated heterocycles. The maximum atomic E-state index is 15.2. The number of ketones is 1. The van der Waals surface area contributed by atoms with Crippen LogP contribution in [0.1, 0.15) is 36.2 Å². The number of nitrogens with one attached hydrogen (secondary N) is 1. The molecule has 3 aromatic rings. The molecule has 0 unspecified atom stereocenters. The van der Waals surface area contributed by atoms with Gasteiger partial charge in [0.15, 0.2) is 5.65 Å². The van der Waals surface area contributed by atoms with Crippen molar-refractivity contribution < 1.29 is 28.3 Å². The first-order chi connectivity index (χ1) is 19.9. The molecule has 1 aromatic carbocycles. The third kappa shape index (κ3) is 5.83. The monoisotopic (exact) mass is 563 g/mol. The molecule has 6 rings (SSSR count). The number of imidazole rings is 1. The van der Waals surface area contributed by atoms with Gasteiger partial charge in [0.1, 0.15) is 23.4 Å². The van der Waals surface area contributed by atoms with Gasteiger partial charge in [0, 0.05) is 57.1 Å². The van der Waals surface area contributed by atoms with Crippen LogP contribution < -0.4 is 15.1 Å². The Morgan fingerprint density at radius 1 is 1.12 bits per heavy atom. The van der Waals surface area contributed by atoms with Crippen molar-refractivity contribution in [1.82, 2.24) is 24.6 Å².